The van der Waals surface area contributed by atoms with E-state index < -0.39 is 5.54 Å². The summed E-state index contributed by atoms with van der Waals surface area (Å²) in [7, 11) is 0. The maximum Gasteiger partial charge on any atom is 0.241 e. The third-order valence-electron chi connectivity index (χ3n) is 3.50. The van der Waals surface area contributed by atoms with Crippen molar-refractivity contribution in [2.45, 2.75) is 24.9 Å². The Morgan fingerprint density at radius 3 is 2.95 bits per heavy atom. The molecule has 0 bridgehead atoms. The summed E-state index contributed by atoms with van der Waals surface area (Å²) in [5.74, 6) is -0.140. The fraction of sp³-hybridized carbons (Fsp3) is 0.286. The summed E-state index contributed by atoms with van der Waals surface area (Å²) in [6.07, 6.45) is 3.33. The molecule has 0 atom stereocenters. The number of rotatable bonds is 3. The molecule has 96 valence electrons. The number of hydrogen-bond donors (Lipinski definition) is 2. The molecule has 0 aliphatic heterocycles. The molecule has 0 unspecified atom stereocenters. The van der Waals surface area contributed by atoms with Gasteiger partial charge in [-0.25, -0.2) is 0 Å². The van der Waals surface area contributed by atoms with Gasteiger partial charge < -0.3 is 15.6 Å². The molecule has 1 aromatic heterocycles. The molecule has 1 aliphatic carbocycles. The van der Waals surface area contributed by atoms with E-state index in [2.05, 4.69) is 11.4 Å². The van der Waals surface area contributed by atoms with Crippen LogP contribution in [-0.4, -0.2) is 16.0 Å². The molecular formula is C14H14N4O. The predicted molar refractivity (Wildman–Crippen MR) is 72.1 cm³/mol. The first-order chi connectivity index (χ1) is 9.13. The lowest BCUT2D eigenvalue weighted by atomic mass is 10.2. The molecule has 3 N–H and O–H groups in total. The topological polar surface area (TPSA) is 83.8 Å². The number of carbonyl (C=O) groups excluding carboxylic acids is 1. The van der Waals surface area contributed by atoms with Gasteiger partial charge in [-0.2, -0.15) is 5.26 Å². The number of nitrogen functional groups attached to an aromatic ring is 1. The first kappa shape index (κ1) is 11.6. The van der Waals surface area contributed by atoms with Gasteiger partial charge in [0.1, 0.15) is 12.1 Å². The van der Waals surface area contributed by atoms with Gasteiger partial charge in [0.25, 0.3) is 0 Å². The molecule has 0 saturated heterocycles. The molecule has 19 heavy (non-hydrogen) atoms. The molecule has 1 fully saturated rings. The van der Waals surface area contributed by atoms with Crippen molar-refractivity contribution in [3.8, 4) is 6.07 Å². The van der Waals surface area contributed by atoms with E-state index in [1.54, 1.807) is 0 Å². The van der Waals surface area contributed by atoms with Crippen LogP contribution in [0, 0.1) is 11.3 Å². The predicted octanol–water partition coefficient (Wildman–Crippen LogP) is 1.40. The third-order valence-corrected chi connectivity index (χ3v) is 3.50. The molecular weight excluding hydrogens is 240 g/mol. The highest BCUT2D eigenvalue weighted by Crippen LogP contribution is 2.34. The standard InChI is InChI=1S/C14H14N4O/c15-9-14(5-6-14)17-13(19)8-18-7-4-10-11(16)2-1-3-12(10)18/h1-4,7H,5-6,8,16H2,(H,17,19). The van der Waals surface area contributed by atoms with E-state index in [0.717, 1.165) is 23.7 Å². The van der Waals surface area contributed by atoms with Crippen LogP contribution >= 0.6 is 0 Å². The maximum atomic E-state index is 11.9. The minimum absolute atomic E-state index is 0.140. The average molecular weight is 254 g/mol. The number of carbonyl (C=O) groups is 1. The molecule has 1 saturated carbocycles. The zero-order valence-electron chi connectivity index (χ0n) is 10.4. The Morgan fingerprint density at radius 1 is 1.47 bits per heavy atom. The van der Waals surface area contributed by atoms with Gasteiger partial charge in [-0.3, -0.25) is 4.79 Å². The van der Waals surface area contributed by atoms with Gasteiger partial charge in [0.05, 0.1) is 11.6 Å². The summed E-state index contributed by atoms with van der Waals surface area (Å²) < 4.78 is 1.84. The molecule has 1 amide bonds. The largest absolute Gasteiger partial charge is 0.398 e. The Balaban J connectivity index is 1.81. The first-order valence-electron chi connectivity index (χ1n) is 6.19. The monoisotopic (exact) mass is 254 g/mol. The first-order valence-corrected chi connectivity index (χ1v) is 6.19. The van der Waals surface area contributed by atoms with Gasteiger partial charge in [0, 0.05) is 17.3 Å². The van der Waals surface area contributed by atoms with E-state index in [4.69, 9.17) is 11.0 Å². The zero-order chi connectivity index (χ0) is 13.5. The van der Waals surface area contributed by atoms with Crippen LogP contribution in [0.4, 0.5) is 5.69 Å². The molecule has 5 heteroatoms. The van der Waals surface area contributed by atoms with Crippen molar-refractivity contribution in [3.63, 3.8) is 0 Å². The van der Waals surface area contributed by atoms with E-state index in [0.29, 0.717) is 5.69 Å². The molecule has 3 rings (SSSR count). The molecule has 2 aromatic rings. The van der Waals surface area contributed by atoms with Crippen LogP contribution in [0.5, 0.6) is 0 Å². The maximum absolute atomic E-state index is 11.9. The smallest absolute Gasteiger partial charge is 0.241 e. The average Bonchev–Trinajstić information content (AvgIpc) is 3.04. The van der Waals surface area contributed by atoms with Crippen molar-refractivity contribution >= 4 is 22.5 Å². The van der Waals surface area contributed by atoms with Crippen LogP contribution in [0.3, 0.4) is 0 Å². The summed E-state index contributed by atoms with van der Waals surface area (Å²) in [6.45, 7) is 0.205. The zero-order valence-corrected chi connectivity index (χ0v) is 10.4. The highest BCUT2D eigenvalue weighted by Gasteiger charge is 2.44. The Labute approximate surface area is 110 Å². The van der Waals surface area contributed by atoms with Crippen LogP contribution < -0.4 is 11.1 Å². The van der Waals surface area contributed by atoms with Gasteiger partial charge in [0.2, 0.25) is 5.91 Å². The van der Waals surface area contributed by atoms with Crippen molar-refractivity contribution < 1.29 is 4.79 Å². The number of nitrogens with zero attached hydrogens (tertiary/aromatic N) is 2. The number of nitriles is 1. The van der Waals surface area contributed by atoms with E-state index in [9.17, 15) is 4.79 Å². The summed E-state index contributed by atoms with van der Waals surface area (Å²) in [4.78, 5) is 11.9. The Bertz CT molecular complexity index is 691. The second-order valence-corrected chi connectivity index (χ2v) is 4.97. The fourth-order valence-electron chi connectivity index (χ4n) is 2.24. The lowest BCUT2D eigenvalue weighted by Crippen LogP contribution is -2.37. The number of nitrogens with one attached hydrogen (secondary N) is 1. The molecule has 1 aromatic carbocycles. The minimum atomic E-state index is -0.612. The lowest BCUT2D eigenvalue weighted by molar-refractivity contribution is -0.122. The van der Waals surface area contributed by atoms with E-state index >= 15 is 0 Å². The van der Waals surface area contributed by atoms with Gasteiger partial charge >= 0.3 is 0 Å². The van der Waals surface area contributed by atoms with Crippen molar-refractivity contribution in [2.75, 3.05) is 5.73 Å². The molecule has 1 aliphatic rings. The second kappa shape index (κ2) is 4.02. The van der Waals surface area contributed by atoms with E-state index in [1.807, 2.05) is 35.0 Å². The van der Waals surface area contributed by atoms with Crippen molar-refractivity contribution in [2.24, 2.45) is 0 Å². The summed E-state index contributed by atoms with van der Waals surface area (Å²) in [5.41, 5.74) is 6.89. The van der Waals surface area contributed by atoms with Crippen molar-refractivity contribution in [1.82, 2.24) is 9.88 Å². The van der Waals surface area contributed by atoms with E-state index in [1.165, 1.54) is 0 Å². The summed E-state index contributed by atoms with van der Waals surface area (Å²) in [6, 6.07) is 9.67. The molecule has 0 radical (unpaired) electrons. The highest BCUT2D eigenvalue weighted by molar-refractivity contribution is 5.92. The van der Waals surface area contributed by atoms with Crippen LogP contribution in [-0.2, 0) is 11.3 Å². The highest BCUT2D eigenvalue weighted by atomic mass is 16.2. The number of amides is 1. The molecule has 5 nitrogen and oxygen atoms in total. The molecule has 0 spiro atoms. The molecule has 1 heterocycles. The van der Waals surface area contributed by atoms with Gasteiger partial charge in [-0.05, 0) is 31.0 Å². The van der Waals surface area contributed by atoms with Gasteiger partial charge in [-0.1, -0.05) is 6.07 Å². The summed E-state index contributed by atoms with van der Waals surface area (Å²) >= 11 is 0. The minimum Gasteiger partial charge on any atom is -0.398 e. The Morgan fingerprint density at radius 2 is 2.26 bits per heavy atom. The third kappa shape index (κ3) is 2.02. The Kier molecular flexibility index (Phi) is 2.46. The number of benzene rings is 1. The van der Waals surface area contributed by atoms with Gasteiger partial charge in [0.15, 0.2) is 0 Å². The second-order valence-electron chi connectivity index (χ2n) is 4.97. The number of fused-ring (bicyclic) bond motifs is 1. The van der Waals surface area contributed by atoms with Gasteiger partial charge in [-0.15, -0.1) is 0 Å². The fourth-order valence-corrected chi connectivity index (χ4v) is 2.24. The number of hydrogen-bond acceptors (Lipinski definition) is 3. The van der Waals surface area contributed by atoms with Crippen LogP contribution in [0.15, 0.2) is 30.5 Å². The number of anilines is 1. The van der Waals surface area contributed by atoms with Crippen LogP contribution in [0.25, 0.3) is 10.9 Å². The normalized spacial score (nSPS) is 15.9. The Hall–Kier alpha value is -2.48. The quantitative estimate of drug-likeness (QED) is 0.812. The van der Waals surface area contributed by atoms with Crippen LogP contribution in [0.1, 0.15) is 12.8 Å². The SMILES string of the molecule is N#CC1(NC(=O)Cn2ccc3c(N)cccc32)CC1. The van der Waals surface area contributed by atoms with Crippen LogP contribution in [0.2, 0.25) is 0 Å². The van der Waals surface area contributed by atoms with Crippen molar-refractivity contribution in [3.05, 3.63) is 30.5 Å². The van der Waals surface area contributed by atoms with E-state index in [-0.39, 0.29) is 12.5 Å². The number of aromatic nitrogens is 1. The summed E-state index contributed by atoms with van der Waals surface area (Å²) in [5, 5.41) is 12.7. The van der Waals surface area contributed by atoms with Crippen molar-refractivity contribution in [1.29, 1.82) is 5.26 Å². The lowest BCUT2D eigenvalue weighted by Gasteiger charge is -2.10. The number of nitrogens with two attached hydrogens (primary N) is 1.